The Balaban J connectivity index is 1.53. The summed E-state index contributed by atoms with van der Waals surface area (Å²) in [6.45, 7) is -2.79. The van der Waals surface area contributed by atoms with Crippen molar-refractivity contribution in [2.45, 2.75) is 37.6 Å². The van der Waals surface area contributed by atoms with E-state index in [1.165, 1.54) is 6.07 Å². The summed E-state index contributed by atoms with van der Waals surface area (Å²) in [6, 6.07) is 9.44. The van der Waals surface area contributed by atoms with E-state index in [0.29, 0.717) is 6.42 Å². The summed E-state index contributed by atoms with van der Waals surface area (Å²) in [7, 11) is 0. The number of carbonyl (C=O) groups is 1. The second-order valence-electron chi connectivity index (χ2n) is 7.90. The highest BCUT2D eigenvalue weighted by atomic mass is 19.3. The van der Waals surface area contributed by atoms with Crippen molar-refractivity contribution in [2.75, 3.05) is 13.1 Å². The number of alkyl halides is 2. The molecule has 3 atom stereocenters. The highest BCUT2D eigenvalue weighted by Gasteiger charge is 2.41. The first-order valence-electron chi connectivity index (χ1n) is 9.82. The van der Waals surface area contributed by atoms with Crippen LogP contribution in [0.4, 0.5) is 17.6 Å². The number of ketones is 1. The Labute approximate surface area is 171 Å². The molecule has 2 aliphatic rings. The number of hydrogen-bond acceptors (Lipinski definition) is 4. The van der Waals surface area contributed by atoms with Gasteiger partial charge in [-0.1, -0.05) is 30.3 Å². The van der Waals surface area contributed by atoms with Crippen molar-refractivity contribution in [1.29, 1.82) is 0 Å². The van der Waals surface area contributed by atoms with Crippen molar-refractivity contribution in [3.8, 4) is 0 Å². The molecule has 1 unspecified atom stereocenters. The Kier molecular flexibility index (Phi) is 5.90. The van der Waals surface area contributed by atoms with Crippen LogP contribution >= 0.6 is 0 Å². The molecule has 8 heteroatoms. The number of nitrogens with two attached hydrogens (primary N) is 1. The van der Waals surface area contributed by atoms with E-state index in [4.69, 9.17) is 5.73 Å². The molecule has 4 nitrogen and oxygen atoms in total. The predicted molar refractivity (Wildman–Crippen MR) is 102 cm³/mol. The van der Waals surface area contributed by atoms with E-state index in [1.807, 2.05) is 24.3 Å². The van der Waals surface area contributed by atoms with E-state index in [9.17, 15) is 22.4 Å². The molecule has 1 saturated heterocycles. The fraction of sp³-hybridized carbons (Fsp3) is 0.409. The molecule has 0 spiro atoms. The molecule has 160 valence electrons. The first kappa shape index (κ1) is 21.0. The number of fused-ring (bicyclic) bond motifs is 1. The van der Waals surface area contributed by atoms with Crippen LogP contribution in [0.5, 0.6) is 0 Å². The van der Waals surface area contributed by atoms with Crippen molar-refractivity contribution in [1.82, 2.24) is 4.90 Å². The van der Waals surface area contributed by atoms with Crippen LogP contribution in [0.15, 0.2) is 42.5 Å². The van der Waals surface area contributed by atoms with Gasteiger partial charge in [0.25, 0.3) is 0 Å². The number of benzene rings is 2. The Morgan fingerprint density at radius 2 is 1.90 bits per heavy atom. The van der Waals surface area contributed by atoms with Gasteiger partial charge in [0.05, 0.1) is 12.1 Å². The third kappa shape index (κ3) is 4.12. The number of Topliss-reactive ketones (excluding diaryl/α,β-unsaturated/α-hetero) is 1. The van der Waals surface area contributed by atoms with Crippen molar-refractivity contribution in [3.63, 3.8) is 0 Å². The molecular weight excluding hydrogens is 400 g/mol. The SMILES string of the molecule is N[C@H]1c2ccccc2C[C@@H]1CC(=O)C(c1ccc(F)cc1F)N1CC(OC(F)F)C1. The van der Waals surface area contributed by atoms with Crippen LogP contribution in [0.2, 0.25) is 0 Å². The van der Waals surface area contributed by atoms with Gasteiger partial charge in [-0.2, -0.15) is 8.78 Å². The lowest BCUT2D eigenvalue weighted by atomic mass is 9.88. The number of likely N-dealkylation sites (tertiary alicyclic amines) is 1. The van der Waals surface area contributed by atoms with Gasteiger partial charge in [0.2, 0.25) is 0 Å². The second-order valence-corrected chi connectivity index (χ2v) is 7.90. The van der Waals surface area contributed by atoms with E-state index in [-0.39, 0.29) is 42.8 Å². The molecule has 1 heterocycles. The maximum absolute atomic E-state index is 14.5. The quantitative estimate of drug-likeness (QED) is 0.691. The zero-order valence-electron chi connectivity index (χ0n) is 16.1. The lowest BCUT2D eigenvalue weighted by molar-refractivity contribution is -0.201. The molecule has 2 aromatic rings. The maximum Gasteiger partial charge on any atom is 0.345 e. The summed E-state index contributed by atoms with van der Waals surface area (Å²) in [5, 5.41) is 0. The predicted octanol–water partition coefficient (Wildman–Crippen LogP) is 3.76. The highest BCUT2D eigenvalue weighted by molar-refractivity contribution is 5.86. The van der Waals surface area contributed by atoms with E-state index < -0.39 is 30.4 Å². The monoisotopic (exact) mass is 422 g/mol. The minimum Gasteiger partial charge on any atom is -0.324 e. The molecule has 2 N–H and O–H groups in total. The standard InChI is InChI=1S/C22H22F4N2O2/c23-14-5-6-17(18(24)9-14)21(28-10-15(11-28)30-22(25)26)19(29)8-13-7-12-3-1-2-4-16(12)20(13)27/h1-6,9,13,15,20-22H,7-8,10-11,27H2/t13-,20-,21?/m1/s1. The van der Waals surface area contributed by atoms with Crippen molar-refractivity contribution < 1.29 is 27.1 Å². The number of nitrogens with zero attached hydrogens (tertiary/aromatic N) is 1. The van der Waals surface area contributed by atoms with E-state index in [2.05, 4.69) is 4.74 Å². The van der Waals surface area contributed by atoms with Gasteiger partial charge in [0, 0.05) is 37.2 Å². The fourth-order valence-electron chi connectivity index (χ4n) is 4.49. The van der Waals surface area contributed by atoms with Gasteiger partial charge in [-0.05, 0) is 29.5 Å². The minimum absolute atomic E-state index is 0.0287. The zero-order valence-corrected chi connectivity index (χ0v) is 16.1. The molecule has 2 aromatic carbocycles. The van der Waals surface area contributed by atoms with Gasteiger partial charge in [0.15, 0.2) is 5.78 Å². The Morgan fingerprint density at radius 3 is 2.57 bits per heavy atom. The molecule has 0 bridgehead atoms. The van der Waals surface area contributed by atoms with Gasteiger partial charge < -0.3 is 10.5 Å². The van der Waals surface area contributed by atoms with Gasteiger partial charge >= 0.3 is 6.61 Å². The Morgan fingerprint density at radius 1 is 1.17 bits per heavy atom. The van der Waals surface area contributed by atoms with Crippen LogP contribution in [0, 0.1) is 17.6 Å². The first-order valence-corrected chi connectivity index (χ1v) is 9.82. The minimum atomic E-state index is -2.91. The van der Waals surface area contributed by atoms with E-state index >= 15 is 0 Å². The molecule has 4 rings (SSSR count). The average Bonchev–Trinajstić information content (AvgIpc) is 2.97. The molecule has 1 aliphatic carbocycles. The molecule has 30 heavy (non-hydrogen) atoms. The molecule has 1 fully saturated rings. The van der Waals surface area contributed by atoms with Crippen LogP contribution in [0.1, 0.15) is 35.2 Å². The lowest BCUT2D eigenvalue weighted by Gasteiger charge is -2.43. The Hall–Kier alpha value is -2.29. The highest BCUT2D eigenvalue weighted by Crippen LogP contribution is 2.39. The van der Waals surface area contributed by atoms with Crippen LogP contribution in [-0.2, 0) is 16.0 Å². The van der Waals surface area contributed by atoms with Crippen LogP contribution in [0.3, 0.4) is 0 Å². The third-order valence-corrected chi connectivity index (χ3v) is 5.97. The van der Waals surface area contributed by atoms with Gasteiger partial charge in [0.1, 0.15) is 11.6 Å². The molecule has 0 saturated carbocycles. The first-order chi connectivity index (χ1) is 14.3. The van der Waals surface area contributed by atoms with Crippen LogP contribution in [0.25, 0.3) is 0 Å². The van der Waals surface area contributed by atoms with Crippen LogP contribution in [-0.4, -0.2) is 36.5 Å². The van der Waals surface area contributed by atoms with Crippen molar-refractivity contribution >= 4 is 5.78 Å². The summed E-state index contributed by atoms with van der Waals surface area (Å²) in [5.74, 6) is -2.01. The number of carbonyl (C=O) groups excluding carboxylic acids is 1. The summed E-state index contributed by atoms with van der Waals surface area (Å²) >= 11 is 0. The molecular formula is C22H22F4N2O2. The molecule has 0 amide bonds. The van der Waals surface area contributed by atoms with Crippen molar-refractivity contribution in [3.05, 3.63) is 70.8 Å². The third-order valence-electron chi connectivity index (χ3n) is 5.97. The topological polar surface area (TPSA) is 55.6 Å². The molecule has 0 aromatic heterocycles. The number of ether oxygens (including phenoxy) is 1. The summed E-state index contributed by atoms with van der Waals surface area (Å²) in [5.41, 5.74) is 8.44. The lowest BCUT2D eigenvalue weighted by Crippen LogP contribution is -2.55. The van der Waals surface area contributed by atoms with Gasteiger partial charge in [-0.25, -0.2) is 8.78 Å². The fourth-order valence-corrected chi connectivity index (χ4v) is 4.49. The van der Waals surface area contributed by atoms with Gasteiger partial charge in [-0.15, -0.1) is 0 Å². The van der Waals surface area contributed by atoms with Crippen molar-refractivity contribution in [2.24, 2.45) is 11.7 Å². The zero-order chi connectivity index (χ0) is 21.4. The normalized spacial score (nSPS) is 22.7. The van der Waals surface area contributed by atoms with Crippen LogP contribution < -0.4 is 5.73 Å². The average molecular weight is 422 g/mol. The number of halogens is 4. The Bertz CT molecular complexity index is 933. The molecule has 1 aliphatic heterocycles. The number of hydrogen-bond donors (Lipinski definition) is 1. The molecule has 0 radical (unpaired) electrons. The summed E-state index contributed by atoms with van der Waals surface area (Å²) in [6.07, 6.45) is 0.00863. The van der Waals surface area contributed by atoms with E-state index in [1.54, 1.807) is 4.90 Å². The summed E-state index contributed by atoms with van der Waals surface area (Å²) in [4.78, 5) is 14.8. The largest absolute Gasteiger partial charge is 0.345 e. The maximum atomic E-state index is 14.5. The number of rotatable bonds is 7. The van der Waals surface area contributed by atoms with Gasteiger partial charge in [-0.3, -0.25) is 9.69 Å². The smallest absolute Gasteiger partial charge is 0.324 e. The summed E-state index contributed by atoms with van der Waals surface area (Å²) < 4.78 is 57.2. The van der Waals surface area contributed by atoms with E-state index in [0.717, 1.165) is 23.3 Å². The second kappa shape index (κ2) is 8.45.